The van der Waals surface area contributed by atoms with E-state index in [-0.39, 0.29) is 0 Å². The highest BCUT2D eigenvalue weighted by Gasteiger charge is 2.41. The van der Waals surface area contributed by atoms with E-state index in [1.807, 2.05) is 12.1 Å². The molecule has 0 amide bonds. The first-order valence-corrected chi connectivity index (χ1v) is 14.7. The summed E-state index contributed by atoms with van der Waals surface area (Å²) >= 11 is 2.10. The molecule has 1 aliphatic carbocycles. The highest BCUT2D eigenvalue weighted by Crippen LogP contribution is 2.41. The molecule has 1 aliphatic rings. The van der Waals surface area contributed by atoms with Crippen LogP contribution in [-0.4, -0.2) is 25.4 Å². The SMILES string of the molecule is CC(C[C@H]1CCCC[C@@H]1O[Si](C)(C)C(C)(C)C)SCCc1ccccc1N. The molecule has 27 heavy (non-hydrogen) atoms. The Morgan fingerprint density at radius 3 is 2.52 bits per heavy atom. The average Bonchev–Trinajstić information content (AvgIpc) is 2.57. The predicted molar refractivity (Wildman–Crippen MR) is 125 cm³/mol. The third-order valence-electron chi connectivity index (χ3n) is 6.56. The van der Waals surface area contributed by atoms with Gasteiger partial charge in [-0.2, -0.15) is 11.8 Å². The number of rotatable bonds is 8. The van der Waals surface area contributed by atoms with Crippen molar-refractivity contribution in [2.75, 3.05) is 11.5 Å². The van der Waals surface area contributed by atoms with Gasteiger partial charge in [-0.25, -0.2) is 0 Å². The first kappa shape index (κ1) is 22.8. The van der Waals surface area contributed by atoms with Gasteiger partial charge in [0, 0.05) is 17.0 Å². The van der Waals surface area contributed by atoms with Crippen molar-refractivity contribution in [1.29, 1.82) is 0 Å². The van der Waals surface area contributed by atoms with Crippen LogP contribution in [0.25, 0.3) is 0 Å². The Kier molecular flexibility index (Phi) is 8.32. The van der Waals surface area contributed by atoms with Crippen LogP contribution in [0.15, 0.2) is 24.3 Å². The van der Waals surface area contributed by atoms with Gasteiger partial charge in [0.15, 0.2) is 8.32 Å². The number of thioether (sulfide) groups is 1. The zero-order valence-electron chi connectivity index (χ0n) is 18.4. The molecule has 1 saturated carbocycles. The molecule has 4 heteroatoms. The third kappa shape index (κ3) is 6.83. The quantitative estimate of drug-likeness (QED) is 0.376. The second kappa shape index (κ2) is 9.84. The van der Waals surface area contributed by atoms with Crippen molar-refractivity contribution in [3.8, 4) is 0 Å². The molecule has 3 atom stereocenters. The number of benzene rings is 1. The number of anilines is 1. The fraction of sp³-hybridized carbons (Fsp3) is 0.739. The van der Waals surface area contributed by atoms with E-state index < -0.39 is 8.32 Å². The Bertz CT molecular complexity index is 584. The maximum atomic E-state index is 6.86. The highest BCUT2D eigenvalue weighted by atomic mass is 32.2. The van der Waals surface area contributed by atoms with Crippen LogP contribution in [0.2, 0.25) is 18.1 Å². The lowest BCUT2D eigenvalue weighted by Crippen LogP contribution is -2.46. The van der Waals surface area contributed by atoms with E-state index in [2.05, 4.69) is 64.7 Å². The zero-order chi connectivity index (χ0) is 20.1. The van der Waals surface area contributed by atoms with E-state index in [1.165, 1.54) is 37.7 Å². The number of nitrogen functional groups attached to an aromatic ring is 1. The molecule has 2 N–H and O–H groups in total. The van der Waals surface area contributed by atoms with Crippen molar-refractivity contribution < 1.29 is 4.43 Å². The summed E-state index contributed by atoms with van der Waals surface area (Å²) in [4.78, 5) is 0. The van der Waals surface area contributed by atoms with Crippen molar-refractivity contribution in [2.24, 2.45) is 5.92 Å². The van der Waals surface area contributed by atoms with Crippen LogP contribution in [0.3, 0.4) is 0 Å². The average molecular weight is 408 g/mol. The topological polar surface area (TPSA) is 35.2 Å². The fourth-order valence-electron chi connectivity index (χ4n) is 3.78. The summed E-state index contributed by atoms with van der Waals surface area (Å²) in [7, 11) is -1.68. The Morgan fingerprint density at radius 2 is 1.85 bits per heavy atom. The molecule has 1 aromatic carbocycles. The Balaban J connectivity index is 1.85. The second-order valence-electron chi connectivity index (χ2n) is 9.83. The van der Waals surface area contributed by atoms with Gasteiger partial charge in [-0.15, -0.1) is 0 Å². The minimum atomic E-state index is -1.68. The standard InChI is InChI=1S/C23H41NOSSi/c1-18(26-16-15-19-11-7-9-13-21(19)24)17-20-12-8-10-14-22(20)25-27(5,6)23(2,3)4/h7,9,11,13,18,20,22H,8,10,12,14-17,24H2,1-6H3/t18?,20-,22+/m1/s1. The van der Waals surface area contributed by atoms with E-state index in [9.17, 15) is 0 Å². The van der Waals surface area contributed by atoms with E-state index >= 15 is 0 Å². The minimum absolute atomic E-state index is 0.297. The van der Waals surface area contributed by atoms with E-state index in [4.69, 9.17) is 10.2 Å². The van der Waals surface area contributed by atoms with Gasteiger partial charge in [-0.3, -0.25) is 0 Å². The minimum Gasteiger partial charge on any atom is -0.414 e. The Morgan fingerprint density at radius 1 is 1.19 bits per heavy atom. The zero-order valence-corrected chi connectivity index (χ0v) is 20.2. The largest absolute Gasteiger partial charge is 0.414 e. The smallest absolute Gasteiger partial charge is 0.192 e. The monoisotopic (exact) mass is 407 g/mol. The number of nitrogens with two attached hydrogens (primary N) is 1. The molecule has 0 aromatic heterocycles. The number of hydrogen-bond acceptors (Lipinski definition) is 3. The summed E-state index contributed by atoms with van der Waals surface area (Å²) in [5.74, 6) is 1.88. The number of aryl methyl sites for hydroxylation is 1. The molecule has 2 nitrogen and oxygen atoms in total. The molecular weight excluding hydrogens is 366 g/mol. The van der Waals surface area contributed by atoms with Crippen LogP contribution in [0.4, 0.5) is 5.69 Å². The summed E-state index contributed by atoms with van der Waals surface area (Å²) in [5.41, 5.74) is 8.29. The molecular formula is C23H41NOSSi. The van der Waals surface area contributed by atoms with Crippen LogP contribution < -0.4 is 5.73 Å². The molecule has 1 fully saturated rings. The third-order valence-corrected chi connectivity index (χ3v) is 12.3. The molecule has 0 heterocycles. The van der Waals surface area contributed by atoms with Crippen LogP contribution >= 0.6 is 11.8 Å². The van der Waals surface area contributed by atoms with Gasteiger partial charge >= 0.3 is 0 Å². The van der Waals surface area contributed by atoms with E-state index in [1.54, 1.807) is 0 Å². The van der Waals surface area contributed by atoms with Crippen molar-refractivity contribution in [3.05, 3.63) is 29.8 Å². The second-order valence-corrected chi connectivity index (χ2v) is 16.1. The van der Waals surface area contributed by atoms with Crippen molar-refractivity contribution in [2.45, 2.75) is 95.7 Å². The molecule has 0 spiro atoms. The molecule has 154 valence electrons. The fourth-order valence-corrected chi connectivity index (χ4v) is 6.32. The van der Waals surface area contributed by atoms with Crippen LogP contribution in [0.5, 0.6) is 0 Å². The molecule has 0 aliphatic heterocycles. The normalized spacial score (nSPS) is 22.6. The molecule has 1 aromatic rings. The Hall–Kier alpha value is -0.453. The lowest BCUT2D eigenvalue weighted by Gasteiger charge is -2.43. The van der Waals surface area contributed by atoms with Gasteiger partial charge in [-0.1, -0.05) is 58.7 Å². The molecule has 1 unspecified atom stereocenters. The van der Waals surface area contributed by atoms with Crippen LogP contribution in [0.1, 0.15) is 65.4 Å². The van der Waals surface area contributed by atoms with Crippen molar-refractivity contribution in [1.82, 2.24) is 0 Å². The predicted octanol–water partition coefficient (Wildman–Crippen LogP) is 6.90. The van der Waals surface area contributed by atoms with Crippen molar-refractivity contribution in [3.63, 3.8) is 0 Å². The van der Waals surface area contributed by atoms with Gasteiger partial charge < -0.3 is 10.2 Å². The first-order valence-electron chi connectivity index (χ1n) is 10.7. The highest BCUT2D eigenvalue weighted by molar-refractivity contribution is 7.99. The summed E-state index contributed by atoms with van der Waals surface area (Å²) < 4.78 is 6.86. The molecule has 0 bridgehead atoms. The Labute approximate surface area is 173 Å². The molecule has 2 rings (SSSR count). The maximum absolute atomic E-state index is 6.86. The molecule has 0 radical (unpaired) electrons. The summed E-state index contributed by atoms with van der Waals surface area (Å²) in [6.45, 7) is 14.3. The van der Waals surface area contributed by atoms with Gasteiger partial charge in [0.05, 0.1) is 0 Å². The van der Waals surface area contributed by atoms with Crippen LogP contribution in [-0.2, 0) is 10.8 Å². The molecule has 0 saturated heterocycles. The summed E-state index contributed by atoms with van der Waals surface area (Å²) in [6.07, 6.45) is 8.15. The van der Waals surface area contributed by atoms with Gasteiger partial charge in [-0.05, 0) is 67.1 Å². The lowest BCUT2D eigenvalue weighted by atomic mass is 9.84. The summed E-state index contributed by atoms with van der Waals surface area (Å²) in [5, 5.41) is 0.980. The first-order chi connectivity index (χ1) is 12.6. The number of para-hydroxylation sites is 1. The number of hydrogen-bond donors (Lipinski definition) is 1. The van der Waals surface area contributed by atoms with E-state index in [0.29, 0.717) is 16.4 Å². The van der Waals surface area contributed by atoms with Gasteiger partial charge in [0.1, 0.15) is 0 Å². The summed E-state index contributed by atoms with van der Waals surface area (Å²) in [6, 6.07) is 8.27. The van der Waals surface area contributed by atoms with Gasteiger partial charge in [0.25, 0.3) is 0 Å². The van der Waals surface area contributed by atoms with Crippen molar-refractivity contribution >= 4 is 25.8 Å². The maximum Gasteiger partial charge on any atom is 0.192 e. The van der Waals surface area contributed by atoms with Crippen LogP contribution in [0, 0.1) is 5.92 Å². The van der Waals surface area contributed by atoms with Gasteiger partial charge in [0.2, 0.25) is 0 Å². The van der Waals surface area contributed by atoms with E-state index in [0.717, 1.165) is 23.8 Å². The lowest BCUT2D eigenvalue weighted by molar-refractivity contribution is 0.0748.